The van der Waals surface area contributed by atoms with Crippen LogP contribution >= 0.6 is 0 Å². The Morgan fingerprint density at radius 1 is 0.857 bits per heavy atom. The van der Waals surface area contributed by atoms with E-state index in [9.17, 15) is 9.59 Å². The molecule has 218 valence electrons. The minimum Gasteiger partial charge on any atom is -0.466 e. The third kappa shape index (κ3) is 6.30. The van der Waals surface area contributed by atoms with Gasteiger partial charge in [-0.2, -0.15) is 0 Å². The monoisotopic (exact) mass is 567 g/mol. The van der Waals surface area contributed by atoms with Crippen molar-refractivity contribution in [1.29, 1.82) is 0 Å². The molecule has 0 bridgehead atoms. The SMILES string of the molecule is CCOC(=O)Cc1ccc(C=C(CNC(=O)OCC2c3ccccc3-c3ccccc32)B2OC(C)(C)C(C)(C)O2)cc1. The smallest absolute Gasteiger partial charge is 0.466 e. The molecule has 1 saturated heterocycles. The lowest BCUT2D eigenvalue weighted by molar-refractivity contribution is -0.142. The minimum absolute atomic E-state index is 0.0191. The fourth-order valence-corrected chi connectivity index (χ4v) is 5.34. The zero-order valence-corrected chi connectivity index (χ0v) is 24.9. The van der Waals surface area contributed by atoms with Gasteiger partial charge in [0, 0.05) is 12.5 Å². The van der Waals surface area contributed by atoms with Gasteiger partial charge in [-0.25, -0.2) is 4.79 Å². The Labute approximate surface area is 248 Å². The van der Waals surface area contributed by atoms with Crippen molar-refractivity contribution in [1.82, 2.24) is 5.32 Å². The molecule has 1 N–H and O–H groups in total. The molecule has 0 atom stereocenters. The predicted molar refractivity (Wildman–Crippen MR) is 164 cm³/mol. The third-order valence-corrected chi connectivity index (χ3v) is 8.32. The van der Waals surface area contributed by atoms with Gasteiger partial charge >= 0.3 is 19.2 Å². The maximum atomic E-state index is 13.0. The van der Waals surface area contributed by atoms with Crippen LogP contribution in [-0.4, -0.2) is 50.1 Å². The molecule has 7 nitrogen and oxygen atoms in total. The van der Waals surface area contributed by atoms with Crippen molar-refractivity contribution in [2.24, 2.45) is 0 Å². The van der Waals surface area contributed by atoms with E-state index in [0.29, 0.717) is 6.61 Å². The van der Waals surface area contributed by atoms with Crippen LogP contribution in [0.5, 0.6) is 0 Å². The Balaban J connectivity index is 1.28. The average Bonchev–Trinajstić information content (AvgIpc) is 3.39. The lowest BCUT2D eigenvalue weighted by Gasteiger charge is -2.32. The molecule has 5 rings (SSSR count). The van der Waals surface area contributed by atoms with Crippen molar-refractivity contribution in [2.45, 2.75) is 58.2 Å². The van der Waals surface area contributed by atoms with Crippen LogP contribution in [0.2, 0.25) is 0 Å². The van der Waals surface area contributed by atoms with E-state index in [1.165, 1.54) is 11.1 Å². The first-order valence-electron chi connectivity index (χ1n) is 14.5. The number of benzene rings is 3. The summed E-state index contributed by atoms with van der Waals surface area (Å²) in [7, 11) is -0.650. The summed E-state index contributed by atoms with van der Waals surface area (Å²) in [5.74, 6) is -0.277. The second-order valence-corrected chi connectivity index (χ2v) is 11.7. The summed E-state index contributed by atoms with van der Waals surface area (Å²) < 4.78 is 23.4. The number of nitrogens with one attached hydrogen (secondary N) is 1. The van der Waals surface area contributed by atoms with Gasteiger partial charge in [-0.15, -0.1) is 0 Å². The summed E-state index contributed by atoms with van der Waals surface area (Å²) in [5.41, 5.74) is 6.12. The number of carbonyl (C=O) groups is 2. The highest BCUT2D eigenvalue weighted by molar-refractivity contribution is 6.56. The van der Waals surface area contributed by atoms with E-state index in [2.05, 4.69) is 29.6 Å². The molecule has 42 heavy (non-hydrogen) atoms. The summed E-state index contributed by atoms with van der Waals surface area (Å²) in [6, 6.07) is 24.1. The molecule has 1 amide bonds. The number of hydrogen-bond acceptors (Lipinski definition) is 6. The molecular weight excluding hydrogens is 529 g/mol. The van der Waals surface area contributed by atoms with E-state index in [0.717, 1.165) is 27.7 Å². The fourth-order valence-electron chi connectivity index (χ4n) is 5.34. The molecule has 0 radical (unpaired) electrons. The number of amides is 1. The van der Waals surface area contributed by atoms with Crippen molar-refractivity contribution in [3.8, 4) is 11.1 Å². The lowest BCUT2D eigenvalue weighted by Crippen LogP contribution is -2.41. The summed E-state index contributed by atoms with van der Waals surface area (Å²) in [6.45, 7) is 10.5. The van der Waals surface area contributed by atoms with Gasteiger partial charge in [-0.3, -0.25) is 4.79 Å². The Bertz CT molecular complexity index is 1420. The van der Waals surface area contributed by atoms with E-state index in [-0.39, 0.29) is 31.5 Å². The summed E-state index contributed by atoms with van der Waals surface area (Å²) in [4.78, 5) is 24.8. The Kier molecular flexibility index (Phi) is 8.57. The largest absolute Gasteiger partial charge is 0.492 e. The molecule has 2 aliphatic rings. The van der Waals surface area contributed by atoms with Crippen molar-refractivity contribution in [3.63, 3.8) is 0 Å². The van der Waals surface area contributed by atoms with Gasteiger partial charge < -0.3 is 24.1 Å². The molecule has 0 spiro atoms. The van der Waals surface area contributed by atoms with Gasteiger partial charge in [-0.1, -0.05) is 78.9 Å². The van der Waals surface area contributed by atoms with Crippen molar-refractivity contribution >= 4 is 25.3 Å². The average molecular weight is 567 g/mol. The second kappa shape index (κ2) is 12.2. The second-order valence-electron chi connectivity index (χ2n) is 11.7. The third-order valence-electron chi connectivity index (χ3n) is 8.32. The molecule has 1 aliphatic heterocycles. The maximum Gasteiger partial charge on any atom is 0.492 e. The Morgan fingerprint density at radius 3 is 2.00 bits per heavy atom. The van der Waals surface area contributed by atoms with Crippen molar-refractivity contribution < 1.29 is 28.4 Å². The maximum absolute atomic E-state index is 13.0. The first kappa shape index (κ1) is 29.6. The Morgan fingerprint density at radius 2 is 1.43 bits per heavy atom. The van der Waals surface area contributed by atoms with Crippen LogP contribution in [0.4, 0.5) is 4.79 Å². The quantitative estimate of drug-likeness (QED) is 0.240. The lowest BCUT2D eigenvalue weighted by atomic mass is 9.77. The fraction of sp³-hybridized carbons (Fsp3) is 0.353. The van der Waals surface area contributed by atoms with Crippen LogP contribution in [0.25, 0.3) is 17.2 Å². The first-order valence-corrected chi connectivity index (χ1v) is 14.5. The van der Waals surface area contributed by atoms with Crippen LogP contribution < -0.4 is 5.32 Å². The number of fused-ring (bicyclic) bond motifs is 3. The number of alkyl carbamates (subject to hydrolysis) is 1. The summed E-state index contributed by atoms with van der Waals surface area (Å²) >= 11 is 0. The molecule has 3 aromatic rings. The minimum atomic E-state index is -0.650. The van der Waals surface area contributed by atoms with Gasteiger partial charge in [0.25, 0.3) is 0 Å². The predicted octanol–water partition coefficient (Wildman–Crippen LogP) is 6.35. The normalized spacial score (nSPS) is 17.0. The number of esters is 1. The summed E-state index contributed by atoms with van der Waals surface area (Å²) in [6.07, 6.45) is 1.65. The van der Waals surface area contributed by atoms with E-state index in [4.69, 9.17) is 18.8 Å². The van der Waals surface area contributed by atoms with E-state index < -0.39 is 24.4 Å². The van der Waals surface area contributed by atoms with Crippen LogP contribution in [0.15, 0.2) is 78.3 Å². The van der Waals surface area contributed by atoms with Crippen LogP contribution in [0.3, 0.4) is 0 Å². The standard InChI is InChI=1S/C34H38BNO6/c1-6-39-31(37)20-24-17-15-23(16-18-24)19-25(35-41-33(2,3)34(4,5)42-35)21-36-32(38)40-22-30-28-13-9-7-11-26(28)27-12-8-10-14-29(27)30/h7-19,30H,6,20-22H2,1-5H3,(H,36,38). The number of carbonyl (C=O) groups excluding carboxylic acids is 2. The molecule has 3 aromatic carbocycles. The number of hydrogen-bond donors (Lipinski definition) is 1. The zero-order valence-electron chi connectivity index (χ0n) is 24.9. The topological polar surface area (TPSA) is 83.1 Å². The molecule has 8 heteroatoms. The zero-order chi connectivity index (χ0) is 29.9. The highest BCUT2D eigenvalue weighted by atomic mass is 16.7. The Hall–Kier alpha value is -3.88. The molecule has 0 aromatic heterocycles. The van der Waals surface area contributed by atoms with Crippen LogP contribution in [0, 0.1) is 0 Å². The first-order chi connectivity index (χ1) is 20.1. The highest BCUT2D eigenvalue weighted by Gasteiger charge is 2.52. The molecule has 1 fully saturated rings. The van der Waals surface area contributed by atoms with Gasteiger partial charge in [0.15, 0.2) is 0 Å². The van der Waals surface area contributed by atoms with Gasteiger partial charge in [0.1, 0.15) is 6.61 Å². The van der Waals surface area contributed by atoms with Crippen LogP contribution in [-0.2, 0) is 30.0 Å². The van der Waals surface area contributed by atoms with Crippen LogP contribution in [0.1, 0.15) is 62.8 Å². The molecule has 1 heterocycles. The molecule has 1 aliphatic carbocycles. The molecular formula is C34H38BNO6. The summed E-state index contributed by atoms with van der Waals surface area (Å²) in [5, 5.41) is 2.91. The van der Waals surface area contributed by atoms with Gasteiger partial charge in [0.2, 0.25) is 0 Å². The van der Waals surface area contributed by atoms with Gasteiger partial charge in [-0.05, 0) is 73.5 Å². The van der Waals surface area contributed by atoms with E-state index in [1.807, 2.05) is 82.3 Å². The van der Waals surface area contributed by atoms with Crippen molar-refractivity contribution in [2.75, 3.05) is 19.8 Å². The van der Waals surface area contributed by atoms with Gasteiger partial charge in [0.05, 0.1) is 24.2 Å². The van der Waals surface area contributed by atoms with E-state index >= 15 is 0 Å². The number of ether oxygens (including phenoxy) is 2. The number of rotatable bonds is 9. The molecule has 0 unspecified atom stereocenters. The van der Waals surface area contributed by atoms with E-state index in [1.54, 1.807) is 6.92 Å². The highest BCUT2D eigenvalue weighted by Crippen LogP contribution is 2.44. The van der Waals surface area contributed by atoms with Crippen molar-refractivity contribution in [3.05, 3.63) is 101 Å². The molecule has 0 saturated carbocycles.